The molecule has 1 aliphatic rings. The Hall–Kier alpha value is -2.74. The SMILES string of the molecule is CCO[C@H]1[C@@H](C(=O)O)N(C(=O)Cn2cc(C(C)=O)c3ccccc32)C[C@@H]1F. The molecule has 0 radical (unpaired) electrons. The quantitative estimate of drug-likeness (QED) is 0.778. The number of benzene rings is 1. The lowest BCUT2D eigenvalue weighted by molar-refractivity contribution is -0.152. The summed E-state index contributed by atoms with van der Waals surface area (Å²) in [6.07, 6.45) is -1.18. The van der Waals surface area contributed by atoms with E-state index in [1.807, 2.05) is 0 Å². The summed E-state index contributed by atoms with van der Waals surface area (Å²) in [6, 6.07) is 5.76. The van der Waals surface area contributed by atoms with Crippen molar-refractivity contribution in [3.63, 3.8) is 0 Å². The number of hydrogen-bond acceptors (Lipinski definition) is 4. The Balaban J connectivity index is 1.90. The number of carboxylic acid groups (broad SMARTS) is 1. The lowest BCUT2D eigenvalue weighted by Gasteiger charge is -2.24. The van der Waals surface area contributed by atoms with Crippen molar-refractivity contribution in [1.29, 1.82) is 0 Å². The van der Waals surface area contributed by atoms with Crippen molar-refractivity contribution in [2.75, 3.05) is 13.2 Å². The monoisotopic (exact) mass is 376 g/mol. The van der Waals surface area contributed by atoms with E-state index in [-0.39, 0.29) is 25.5 Å². The van der Waals surface area contributed by atoms with Crippen LogP contribution in [0.25, 0.3) is 10.9 Å². The zero-order valence-corrected chi connectivity index (χ0v) is 15.1. The van der Waals surface area contributed by atoms with Gasteiger partial charge in [0.15, 0.2) is 11.8 Å². The predicted octanol–water partition coefficient (Wildman–Crippen LogP) is 1.88. The van der Waals surface area contributed by atoms with Crippen LogP contribution in [0.1, 0.15) is 24.2 Å². The van der Waals surface area contributed by atoms with Gasteiger partial charge in [-0.15, -0.1) is 0 Å². The molecule has 1 amide bonds. The van der Waals surface area contributed by atoms with Gasteiger partial charge in [0.25, 0.3) is 0 Å². The second kappa shape index (κ2) is 7.48. The first-order valence-electron chi connectivity index (χ1n) is 8.71. The fourth-order valence-electron chi connectivity index (χ4n) is 3.59. The number of nitrogens with zero attached hydrogens (tertiary/aromatic N) is 2. The van der Waals surface area contributed by atoms with Gasteiger partial charge < -0.3 is 19.3 Å². The third-order valence-electron chi connectivity index (χ3n) is 4.78. The molecule has 144 valence electrons. The number of ether oxygens (including phenoxy) is 1. The van der Waals surface area contributed by atoms with Gasteiger partial charge in [0.2, 0.25) is 5.91 Å². The molecule has 7 nitrogen and oxygen atoms in total. The van der Waals surface area contributed by atoms with Gasteiger partial charge in [-0.25, -0.2) is 9.18 Å². The molecule has 0 unspecified atom stereocenters. The highest BCUT2D eigenvalue weighted by Gasteiger charge is 2.49. The maximum Gasteiger partial charge on any atom is 0.329 e. The Kier molecular flexibility index (Phi) is 5.27. The van der Waals surface area contributed by atoms with Gasteiger partial charge in [0.1, 0.15) is 18.8 Å². The highest BCUT2D eigenvalue weighted by atomic mass is 19.1. The van der Waals surface area contributed by atoms with E-state index in [4.69, 9.17) is 4.74 Å². The molecule has 2 aromatic rings. The molecule has 1 saturated heterocycles. The average Bonchev–Trinajstić information content (AvgIpc) is 3.14. The third kappa shape index (κ3) is 3.44. The number of hydrogen-bond donors (Lipinski definition) is 1. The molecule has 8 heteroatoms. The third-order valence-corrected chi connectivity index (χ3v) is 4.78. The van der Waals surface area contributed by atoms with Crippen molar-refractivity contribution in [3.8, 4) is 0 Å². The minimum atomic E-state index is -1.57. The van der Waals surface area contributed by atoms with Gasteiger partial charge in [-0.1, -0.05) is 18.2 Å². The number of Topliss-reactive ketones (excluding diaryl/α,β-unsaturated/α-hetero) is 1. The highest BCUT2D eigenvalue weighted by molar-refractivity contribution is 6.07. The first-order chi connectivity index (χ1) is 12.8. The summed E-state index contributed by atoms with van der Waals surface area (Å²) in [7, 11) is 0. The molecule has 2 heterocycles. The van der Waals surface area contributed by atoms with Crippen molar-refractivity contribution in [3.05, 3.63) is 36.0 Å². The number of aliphatic carboxylic acids is 1. The van der Waals surface area contributed by atoms with Gasteiger partial charge in [-0.2, -0.15) is 0 Å². The molecular weight excluding hydrogens is 355 g/mol. The molecule has 1 aromatic heterocycles. The maximum absolute atomic E-state index is 14.3. The minimum Gasteiger partial charge on any atom is -0.480 e. The first kappa shape index (κ1) is 19.0. The number of halogens is 1. The van der Waals surface area contributed by atoms with Crippen LogP contribution >= 0.6 is 0 Å². The highest BCUT2D eigenvalue weighted by Crippen LogP contribution is 2.26. The fourth-order valence-corrected chi connectivity index (χ4v) is 3.59. The number of alkyl halides is 1. The summed E-state index contributed by atoms with van der Waals surface area (Å²) in [4.78, 5) is 37.3. The fraction of sp³-hybridized carbons (Fsp3) is 0.421. The lowest BCUT2D eigenvalue weighted by atomic mass is 10.1. The number of aromatic nitrogens is 1. The number of carbonyl (C=O) groups excluding carboxylic acids is 2. The molecule has 1 N–H and O–H groups in total. The maximum atomic E-state index is 14.3. The van der Waals surface area contributed by atoms with Crippen LogP contribution in [-0.4, -0.2) is 63.7 Å². The zero-order chi connectivity index (χ0) is 19.7. The number of likely N-dealkylation sites (tertiary alicyclic amines) is 1. The van der Waals surface area contributed by atoms with E-state index < -0.39 is 30.2 Å². The summed E-state index contributed by atoms with van der Waals surface area (Å²) in [5.74, 6) is -1.98. The molecule has 1 aliphatic heterocycles. The van der Waals surface area contributed by atoms with Crippen molar-refractivity contribution < 1.29 is 28.6 Å². The summed E-state index contributed by atoms with van der Waals surface area (Å²) in [5.41, 5.74) is 1.16. The van der Waals surface area contributed by atoms with E-state index in [1.54, 1.807) is 42.0 Å². The molecule has 3 atom stereocenters. The molecule has 0 saturated carbocycles. The summed E-state index contributed by atoms with van der Waals surface area (Å²) >= 11 is 0. The Labute approximate surface area is 155 Å². The molecule has 27 heavy (non-hydrogen) atoms. The Morgan fingerprint density at radius 3 is 2.63 bits per heavy atom. The van der Waals surface area contributed by atoms with Gasteiger partial charge in [-0.05, 0) is 19.9 Å². The van der Waals surface area contributed by atoms with Gasteiger partial charge in [0.05, 0.1) is 6.54 Å². The first-order valence-corrected chi connectivity index (χ1v) is 8.71. The molecule has 3 rings (SSSR count). The molecular formula is C19H21FN2O5. The average molecular weight is 376 g/mol. The van der Waals surface area contributed by atoms with Crippen LogP contribution in [0, 0.1) is 0 Å². The standard InChI is InChI=1S/C19H21FN2O5/c1-3-27-18-14(20)9-22(17(18)19(25)26)16(24)10-21-8-13(11(2)23)12-6-4-5-7-15(12)21/h4-8,14,17-18H,3,9-10H2,1-2H3,(H,25,26)/t14-,17-,18+/m0/s1. The van der Waals surface area contributed by atoms with Crippen LogP contribution < -0.4 is 0 Å². The minimum absolute atomic E-state index is 0.137. The van der Waals surface area contributed by atoms with E-state index in [0.717, 1.165) is 4.90 Å². The largest absolute Gasteiger partial charge is 0.480 e. The molecule has 0 bridgehead atoms. The van der Waals surface area contributed by atoms with E-state index in [1.165, 1.54) is 6.92 Å². The number of carbonyl (C=O) groups is 3. The molecule has 1 fully saturated rings. The van der Waals surface area contributed by atoms with Crippen molar-refractivity contribution in [2.24, 2.45) is 0 Å². The van der Waals surface area contributed by atoms with E-state index in [9.17, 15) is 23.9 Å². The van der Waals surface area contributed by atoms with Crippen molar-refractivity contribution in [1.82, 2.24) is 9.47 Å². The van der Waals surface area contributed by atoms with E-state index in [0.29, 0.717) is 16.5 Å². The van der Waals surface area contributed by atoms with Gasteiger partial charge >= 0.3 is 5.97 Å². The van der Waals surface area contributed by atoms with E-state index >= 15 is 0 Å². The molecule has 0 spiro atoms. The van der Waals surface area contributed by atoms with Crippen LogP contribution in [-0.2, 0) is 20.9 Å². The molecule has 0 aliphatic carbocycles. The van der Waals surface area contributed by atoms with Crippen molar-refractivity contribution >= 4 is 28.6 Å². The molecule has 1 aromatic carbocycles. The van der Waals surface area contributed by atoms with Crippen LogP contribution in [0.4, 0.5) is 4.39 Å². The normalized spacial score (nSPS) is 22.3. The lowest BCUT2D eigenvalue weighted by Crippen LogP contribution is -2.47. The number of rotatable bonds is 6. The van der Waals surface area contributed by atoms with Gasteiger partial charge in [-0.3, -0.25) is 9.59 Å². The zero-order valence-electron chi connectivity index (χ0n) is 15.1. The van der Waals surface area contributed by atoms with Crippen LogP contribution in [0.5, 0.6) is 0 Å². The van der Waals surface area contributed by atoms with Crippen LogP contribution in [0.2, 0.25) is 0 Å². The number of para-hydroxylation sites is 1. The van der Waals surface area contributed by atoms with Crippen LogP contribution in [0.15, 0.2) is 30.5 Å². The second-order valence-electron chi connectivity index (χ2n) is 6.51. The summed E-state index contributed by atoms with van der Waals surface area (Å²) < 4.78 is 21.1. The summed E-state index contributed by atoms with van der Waals surface area (Å²) in [6.45, 7) is 2.71. The number of carboxylic acids is 1. The van der Waals surface area contributed by atoms with Gasteiger partial charge in [0, 0.05) is 29.3 Å². The second-order valence-corrected chi connectivity index (χ2v) is 6.51. The van der Waals surface area contributed by atoms with Crippen LogP contribution in [0.3, 0.4) is 0 Å². The number of fused-ring (bicyclic) bond motifs is 1. The van der Waals surface area contributed by atoms with E-state index in [2.05, 4.69) is 0 Å². The topological polar surface area (TPSA) is 88.8 Å². The Morgan fingerprint density at radius 2 is 2.00 bits per heavy atom. The Morgan fingerprint density at radius 1 is 1.30 bits per heavy atom. The van der Waals surface area contributed by atoms with Crippen molar-refractivity contribution in [2.45, 2.75) is 38.7 Å². The smallest absolute Gasteiger partial charge is 0.329 e. The predicted molar refractivity (Wildman–Crippen MR) is 95.4 cm³/mol. The Bertz CT molecular complexity index is 893. The number of ketones is 1. The number of amides is 1. The summed E-state index contributed by atoms with van der Waals surface area (Å²) in [5, 5.41) is 10.2.